The van der Waals surface area contributed by atoms with Gasteiger partial charge in [0.15, 0.2) is 0 Å². The fourth-order valence-electron chi connectivity index (χ4n) is 3.06. The van der Waals surface area contributed by atoms with Crippen LogP contribution in [0.1, 0.15) is 12.5 Å². The highest BCUT2D eigenvalue weighted by Gasteiger charge is 2.17. The molecule has 2 atom stereocenters. The summed E-state index contributed by atoms with van der Waals surface area (Å²) in [6.07, 6.45) is 2.11. The molecular formula is C21H23N4+. The number of hydrogen-bond donors (Lipinski definition) is 1. The van der Waals surface area contributed by atoms with Crippen molar-refractivity contribution >= 4 is 0 Å². The zero-order valence-electron chi connectivity index (χ0n) is 14.7. The maximum absolute atomic E-state index is 9.06. The van der Waals surface area contributed by atoms with E-state index in [-0.39, 0.29) is 5.92 Å². The van der Waals surface area contributed by atoms with Crippen LogP contribution in [0.3, 0.4) is 0 Å². The SMILES string of the molecule is C[C@H](C#N)C[NH+](C)Cc1cn(-c2ccccc2)nc1-c1ccccc1. The number of hydrogen-bond acceptors (Lipinski definition) is 2. The van der Waals surface area contributed by atoms with Crippen LogP contribution in [0.15, 0.2) is 66.9 Å². The molecule has 2 aromatic carbocycles. The van der Waals surface area contributed by atoms with Gasteiger partial charge >= 0.3 is 0 Å². The number of aromatic nitrogens is 2. The molecule has 0 fully saturated rings. The van der Waals surface area contributed by atoms with Gasteiger partial charge in [0.25, 0.3) is 0 Å². The monoisotopic (exact) mass is 331 g/mol. The summed E-state index contributed by atoms with van der Waals surface area (Å²) in [7, 11) is 2.13. The maximum Gasteiger partial charge on any atom is 0.106 e. The summed E-state index contributed by atoms with van der Waals surface area (Å²) in [6, 6.07) is 22.7. The van der Waals surface area contributed by atoms with Crippen LogP contribution in [0.25, 0.3) is 16.9 Å². The van der Waals surface area contributed by atoms with Gasteiger partial charge in [-0.25, -0.2) is 4.68 Å². The Labute approximate surface area is 148 Å². The van der Waals surface area contributed by atoms with E-state index < -0.39 is 0 Å². The largest absolute Gasteiger partial charge is 0.332 e. The van der Waals surface area contributed by atoms with Gasteiger partial charge in [-0.2, -0.15) is 10.4 Å². The third-order valence-corrected chi connectivity index (χ3v) is 4.23. The molecule has 1 heterocycles. The molecule has 1 aromatic heterocycles. The van der Waals surface area contributed by atoms with Gasteiger partial charge in [0.05, 0.1) is 36.8 Å². The first-order valence-electron chi connectivity index (χ1n) is 8.57. The predicted molar refractivity (Wildman–Crippen MR) is 99.2 cm³/mol. The molecule has 0 bridgehead atoms. The van der Waals surface area contributed by atoms with Crippen LogP contribution >= 0.6 is 0 Å². The van der Waals surface area contributed by atoms with E-state index in [1.165, 1.54) is 10.5 Å². The van der Waals surface area contributed by atoms with Crippen molar-refractivity contribution < 1.29 is 4.90 Å². The Bertz CT molecular complexity index is 847. The highest BCUT2D eigenvalue weighted by molar-refractivity contribution is 5.63. The Morgan fingerprint density at radius 2 is 1.72 bits per heavy atom. The van der Waals surface area contributed by atoms with Gasteiger partial charge in [-0.05, 0) is 19.1 Å². The summed E-state index contributed by atoms with van der Waals surface area (Å²) in [5.41, 5.74) is 4.37. The summed E-state index contributed by atoms with van der Waals surface area (Å²) < 4.78 is 1.94. The molecule has 0 aliphatic rings. The Morgan fingerprint density at radius 3 is 2.36 bits per heavy atom. The molecule has 25 heavy (non-hydrogen) atoms. The van der Waals surface area contributed by atoms with Crippen LogP contribution in [-0.4, -0.2) is 23.4 Å². The van der Waals surface area contributed by atoms with E-state index in [1.807, 2.05) is 48.0 Å². The minimum atomic E-state index is 0.0457. The Morgan fingerprint density at radius 1 is 1.08 bits per heavy atom. The Hall–Kier alpha value is -2.90. The highest BCUT2D eigenvalue weighted by Crippen LogP contribution is 2.23. The van der Waals surface area contributed by atoms with Gasteiger partial charge in [0, 0.05) is 11.8 Å². The van der Waals surface area contributed by atoms with Crippen LogP contribution in [0.5, 0.6) is 0 Å². The summed E-state index contributed by atoms with van der Waals surface area (Å²) in [6.45, 7) is 3.62. The second-order valence-corrected chi connectivity index (χ2v) is 6.52. The summed E-state index contributed by atoms with van der Waals surface area (Å²) in [5.74, 6) is 0.0457. The van der Waals surface area contributed by atoms with Crippen molar-refractivity contribution in [2.75, 3.05) is 13.6 Å². The van der Waals surface area contributed by atoms with E-state index in [0.717, 1.165) is 30.0 Å². The van der Waals surface area contributed by atoms with Gasteiger partial charge in [0.1, 0.15) is 12.2 Å². The van der Waals surface area contributed by atoms with Crippen molar-refractivity contribution in [3.8, 4) is 23.0 Å². The molecule has 0 radical (unpaired) electrons. The van der Waals surface area contributed by atoms with E-state index in [0.29, 0.717) is 0 Å². The normalized spacial score (nSPS) is 13.2. The van der Waals surface area contributed by atoms with Crippen LogP contribution in [0.2, 0.25) is 0 Å². The average molecular weight is 331 g/mol. The predicted octanol–water partition coefficient (Wildman–Crippen LogP) is 2.71. The highest BCUT2D eigenvalue weighted by atomic mass is 15.3. The standard InChI is InChI=1S/C21H22N4/c1-17(13-22)14-24(2)15-19-16-25(20-11-7-4-8-12-20)23-21(19)18-9-5-3-6-10-18/h3-12,16-17H,14-15H2,1-2H3/p+1/t17-/m1/s1. The third kappa shape index (κ3) is 4.14. The summed E-state index contributed by atoms with van der Waals surface area (Å²) >= 11 is 0. The molecule has 0 amide bonds. The van der Waals surface area contributed by atoms with Gasteiger partial charge in [-0.15, -0.1) is 0 Å². The number of rotatable bonds is 6. The van der Waals surface area contributed by atoms with Crippen molar-refractivity contribution in [3.63, 3.8) is 0 Å². The zero-order chi connectivity index (χ0) is 17.6. The molecule has 4 heteroatoms. The first-order chi connectivity index (χ1) is 12.2. The lowest BCUT2D eigenvalue weighted by atomic mass is 10.1. The van der Waals surface area contributed by atoms with E-state index >= 15 is 0 Å². The molecule has 0 aliphatic carbocycles. The summed E-state index contributed by atoms with van der Waals surface area (Å²) in [5, 5.41) is 13.9. The van der Waals surface area contributed by atoms with Crippen molar-refractivity contribution in [2.45, 2.75) is 13.5 Å². The molecule has 3 rings (SSSR count). The van der Waals surface area contributed by atoms with Gasteiger partial charge in [-0.3, -0.25) is 0 Å². The zero-order valence-corrected chi connectivity index (χ0v) is 14.7. The number of para-hydroxylation sites is 1. The topological polar surface area (TPSA) is 46.0 Å². The Kier molecular flexibility index (Phi) is 5.27. The van der Waals surface area contributed by atoms with E-state index in [9.17, 15) is 0 Å². The number of quaternary nitrogens is 1. The second kappa shape index (κ2) is 7.78. The lowest BCUT2D eigenvalue weighted by molar-refractivity contribution is -0.896. The first kappa shape index (κ1) is 16.9. The van der Waals surface area contributed by atoms with E-state index in [2.05, 4.69) is 43.6 Å². The molecule has 126 valence electrons. The lowest BCUT2D eigenvalue weighted by Gasteiger charge is -2.14. The van der Waals surface area contributed by atoms with Crippen LogP contribution in [-0.2, 0) is 6.54 Å². The van der Waals surface area contributed by atoms with Crippen molar-refractivity contribution in [2.24, 2.45) is 5.92 Å². The lowest BCUT2D eigenvalue weighted by Crippen LogP contribution is -3.08. The molecule has 4 nitrogen and oxygen atoms in total. The van der Waals surface area contributed by atoms with E-state index in [1.54, 1.807) is 0 Å². The molecule has 0 saturated heterocycles. The summed E-state index contributed by atoms with van der Waals surface area (Å²) in [4.78, 5) is 1.30. The number of nitrogens with one attached hydrogen (secondary N) is 1. The first-order valence-corrected chi connectivity index (χ1v) is 8.57. The molecule has 0 spiro atoms. The quantitative estimate of drug-likeness (QED) is 0.755. The number of nitriles is 1. The second-order valence-electron chi connectivity index (χ2n) is 6.52. The average Bonchev–Trinajstić information content (AvgIpc) is 3.06. The number of benzene rings is 2. The molecular weight excluding hydrogens is 308 g/mol. The fraction of sp³-hybridized carbons (Fsp3) is 0.238. The smallest absolute Gasteiger partial charge is 0.106 e. The molecule has 1 N–H and O–H groups in total. The molecule has 3 aromatic rings. The third-order valence-electron chi connectivity index (χ3n) is 4.23. The van der Waals surface area contributed by atoms with Gasteiger partial charge in [0.2, 0.25) is 0 Å². The minimum absolute atomic E-state index is 0.0457. The van der Waals surface area contributed by atoms with Gasteiger partial charge < -0.3 is 4.90 Å². The molecule has 0 aliphatic heterocycles. The minimum Gasteiger partial charge on any atom is -0.332 e. The maximum atomic E-state index is 9.06. The molecule has 0 saturated carbocycles. The van der Waals surface area contributed by atoms with Crippen molar-refractivity contribution in [1.29, 1.82) is 5.26 Å². The van der Waals surface area contributed by atoms with Crippen molar-refractivity contribution in [3.05, 3.63) is 72.4 Å². The van der Waals surface area contributed by atoms with Crippen LogP contribution in [0.4, 0.5) is 0 Å². The Balaban J connectivity index is 1.95. The van der Waals surface area contributed by atoms with Crippen molar-refractivity contribution in [1.82, 2.24) is 9.78 Å². The van der Waals surface area contributed by atoms with E-state index in [4.69, 9.17) is 10.4 Å². The molecule has 1 unspecified atom stereocenters. The number of nitrogens with zero attached hydrogens (tertiary/aromatic N) is 3. The van der Waals surface area contributed by atoms with Crippen LogP contribution < -0.4 is 4.90 Å². The van der Waals surface area contributed by atoms with Gasteiger partial charge in [-0.1, -0.05) is 48.5 Å². The fourth-order valence-corrected chi connectivity index (χ4v) is 3.06. The van der Waals surface area contributed by atoms with Crippen LogP contribution in [0, 0.1) is 17.2 Å².